The molecule has 1 heterocycles. The van der Waals surface area contributed by atoms with Crippen molar-refractivity contribution in [3.63, 3.8) is 0 Å². The van der Waals surface area contributed by atoms with E-state index in [1.807, 2.05) is 0 Å². The summed E-state index contributed by atoms with van der Waals surface area (Å²) in [6.07, 6.45) is 0. The van der Waals surface area contributed by atoms with Gasteiger partial charge in [-0.2, -0.15) is 0 Å². The third kappa shape index (κ3) is 2.46. The van der Waals surface area contributed by atoms with E-state index in [1.54, 1.807) is 0 Å². The minimum Gasteiger partial charge on any atom is -0.314 e. The lowest BCUT2D eigenvalue weighted by molar-refractivity contribution is 0.0971. The Morgan fingerprint density at radius 1 is 1.25 bits per heavy atom. The van der Waals surface area contributed by atoms with Crippen molar-refractivity contribution in [1.29, 1.82) is 0 Å². The van der Waals surface area contributed by atoms with E-state index in [-0.39, 0.29) is 0 Å². The Bertz CT molecular complexity index is 128. The molecule has 0 aliphatic carbocycles. The van der Waals surface area contributed by atoms with Gasteiger partial charge in [-0.05, 0) is 19.8 Å². The summed E-state index contributed by atoms with van der Waals surface area (Å²) in [6, 6.07) is 1.49. The quantitative estimate of drug-likeness (QED) is 0.684. The number of nitrogens with one attached hydrogen (secondary N) is 1. The summed E-state index contributed by atoms with van der Waals surface area (Å²) >= 11 is 0. The van der Waals surface area contributed by atoms with Gasteiger partial charge in [0.2, 0.25) is 0 Å². The molecule has 0 aromatic rings. The van der Waals surface area contributed by atoms with Crippen LogP contribution in [0, 0.1) is 5.92 Å². The van der Waals surface area contributed by atoms with Crippen molar-refractivity contribution in [1.82, 2.24) is 10.2 Å². The van der Waals surface area contributed by atoms with Crippen LogP contribution in [-0.2, 0) is 0 Å². The van der Waals surface area contributed by atoms with Gasteiger partial charge in [-0.3, -0.25) is 4.90 Å². The molecule has 0 amide bonds. The van der Waals surface area contributed by atoms with Crippen LogP contribution in [0.2, 0.25) is 0 Å². The van der Waals surface area contributed by atoms with Gasteiger partial charge >= 0.3 is 0 Å². The van der Waals surface area contributed by atoms with Crippen molar-refractivity contribution in [2.75, 3.05) is 19.6 Å². The third-order valence-electron chi connectivity index (χ3n) is 2.47. The maximum atomic E-state index is 3.33. The lowest BCUT2D eigenvalue weighted by Crippen LogP contribution is -2.59. The molecule has 0 unspecified atom stereocenters. The fourth-order valence-electron chi connectivity index (χ4n) is 1.71. The smallest absolute Gasteiger partial charge is 0.0348 e. The van der Waals surface area contributed by atoms with E-state index in [0.717, 1.165) is 12.0 Å². The van der Waals surface area contributed by atoms with Crippen molar-refractivity contribution in [3.8, 4) is 0 Å². The van der Waals surface area contributed by atoms with Gasteiger partial charge in [0.1, 0.15) is 0 Å². The first-order valence-corrected chi connectivity index (χ1v) is 5.07. The molecule has 1 aliphatic rings. The van der Waals surface area contributed by atoms with Crippen molar-refractivity contribution in [2.24, 2.45) is 5.92 Å². The van der Waals surface area contributed by atoms with E-state index >= 15 is 0 Å². The Morgan fingerprint density at radius 2 is 1.83 bits per heavy atom. The van der Waals surface area contributed by atoms with Crippen LogP contribution in [0.25, 0.3) is 0 Å². The highest BCUT2D eigenvalue weighted by atomic mass is 15.2. The van der Waals surface area contributed by atoms with Crippen molar-refractivity contribution in [2.45, 2.75) is 39.8 Å². The molecule has 0 bridgehead atoms. The normalized spacial score (nSPS) is 19.2. The van der Waals surface area contributed by atoms with Gasteiger partial charge in [0, 0.05) is 31.7 Å². The molecule has 0 aromatic heterocycles. The molecule has 1 aliphatic heterocycles. The minimum absolute atomic E-state index is 0.694. The van der Waals surface area contributed by atoms with Crippen LogP contribution in [0.15, 0.2) is 0 Å². The monoisotopic (exact) mass is 170 g/mol. The summed E-state index contributed by atoms with van der Waals surface area (Å²) in [5.74, 6) is 0.785. The summed E-state index contributed by atoms with van der Waals surface area (Å²) in [6.45, 7) is 12.8. The average molecular weight is 170 g/mol. The molecule has 1 N–H and O–H groups in total. The molecular weight excluding hydrogens is 148 g/mol. The second-order valence-corrected chi connectivity index (χ2v) is 4.50. The predicted octanol–water partition coefficient (Wildman–Crippen LogP) is 1.32. The Balaban J connectivity index is 2.37. The van der Waals surface area contributed by atoms with Crippen molar-refractivity contribution in [3.05, 3.63) is 0 Å². The molecule has 1 fully saturated rings. The van der Waals surface area contributed by atoms with Gasteiger partial charge in [0.05, 0.1) is 0 Å². The maximum absolute atomic E-state index is 3.33. The molecule has 0 radical (unpaired) electrons. The predicted molar refractivity (Wildman–Crippen MR) is 53.3 cm³/mol. The summed E-state index contributed by atoms with van der Waals surface area (Å²) in [7, 11) is 0. The van der Waals surface area contributed by atoms with E-state index in [2.05, 4.69) is 37.9 Å². The van der Waals surface area contributed by atoms with Gasteiger partial charge in [-0.25, -0.2) is 0 Å². The molecule has 0 aromatic carbocycles. The van der Waals surface area contributed by atoms with Crippen LogP contribution in [0.1, 0.15) is 27.7 Å². The van der Waals surface area contributed by atoms with Crippen LogP contribution in [0.3, 0.4) is 0 Å². The summed E-state index contributed by atoms with van der Waals surface area (Å²) in [4.78, 5) is 2.61. The first kappa shape index (κ1) is 10.0. The molecule has 0 atom stereocenters. The molecule has 0 spiro atoms. The van der Waals surface area contributed by atoms with E-state index in [1.165, 1.54) is 19.6 Å². The largest absolute Gasteiger partial charge is 0.314 e. The Labute approximate surface area is 76.3 Å². The fraction of sp³-hybridized carbons (Fsp3) is 1.00. The van der Waals surface area contributed by atoms with E-state index in [4.69, 9.17) is 0 Å². The second-order valence-electron chi connectivity index (χ2n) is 4.50. The van der Waals surface area contributed by atoms with Crippen LogP contribution in [0.5, 0.6) is 0 Å². The number of rotatable bonds is 4. The molecule has 2 heteroatoms. The molecule has 2 nitrogen and oxygen atoms in total. The maximum Gasteiger partial charge on any atom is 0.0348 e. The van der Waals surface area contributed by atoms with Crippen LogP contribution >= 0.6 is 0 Å². The highest BCUT2D eigenvalue weighted by Crippen LogP contribution is 2.12. The average Bonchev–Trinajstić information content (AvgIpc) is 1.80. The Kier molecular flexibility index (Phi) is 3.53. The van der Waals surface area contributed by atoms with Crippen LogP contribution in [0.4, 0.5) is 0 Å². The topological polar surface area (TPSA) is 15.3 Å². The Hall–Kier alpha value is -0.0800. The fourth-order valence-corrected chi connectivity index (χ4v) is 1.71. The van der Waals surface area contributed by atoms with E-state index in [0.29, 0.717) is 6.04 Å². The van der Waals surface area contributed by atoms with Gasteiger partial charge in [0.15, 0.2) is 0 Å². The lowest BCUT2D eigenvalue weighted by atomic mass is 10.1. The number of hydrogen-bond acceptors (Lipinski definition) is 2. The minimum atomic E-state index is 0.694. The Morgan fingerprint density at radius 3 is 2.08 bits per heavy atom. The molecule has 1 saturated heterocycles. The van der Waals surface area contributed by atoms with Gasteiger partial charge < -0.3 is 5.32 Å². The zero-order valence-corrected chi connectivity index (χ0v) is 8.80. The highest BCUT2D eigenvalue weighted by Gasteiger charge is 2.26. The molecule has 12 heavy (non-hydrogen) atoms. The highest BCUT2D eigenvalue weighted by molar-refractivity contribution is 4.86. The molecule has 0 saturated carbocycles. The van der Waals surface area contributed by atoms with Crippen LogP contribution < -0.4 is 5.32 Å². The zero-order chi connectivity index (χ0) is 9.14. The van der Waals surface area contributed by atoms with E-state index in [9.17, 15) is 0 Å². The van der Waals surface area contributed by atoms with Crippen molar-refractivity contribution < 1.29 is 0 Å². The first-order chi connectivity index (χ1) is 5.61. The summed E-state index contributed by atoms with van der Waals surface area (Å²) < 4.78 is 0. The molecule has 1 rings (SSSR count). The van der Waals surface area contributed by atoms with Gasteiger partial charge in [-0.1, -0.05) is 13.8 Å². The van der Waals surface area contributed by atoms with Gasteiger partial charge in [-0.15, -0.1) is 0 Å². The summed E-state index contributed by atoms with van der Waals surface area (Å²) in [5, 5.41) is 3.33. The number of nitrogens with zero attached hydrogens (tertiary/aromatic N) is 1. The first-order valence-electron chi connectivity index (χ1n) is 5.07. The lowest BCUT2D eigenvalue weighted by Gasteiger charge is -2.41. The van der Waals surface area contributed by atoms with E-state index < -0.39 is 0 Å². The SMILES string of the molecule is CC(C)CN(C(C)C)C1CNC1. The van der Waals surface area contributed by atoms with Crippen molar-refractivity contribution >= 4 is 0 Å². The van der Waals surface area contributed by atoms with Gasteiger partial charge in [0.25, 0.3) is 0 Å². The summed E-state index contributed by atoms with van der Waals surface area (Å²) in [5.41, 5.74) is 0. The molecular formula is C10H22N2. The standard InChI is InChI=1S/C10H22N2/c1-8(2)7-12(9(3)4)10-5-11-6-10/h8-11H,5-7H2,1-4H3. The van der Waals surface area contributed by atoms with Crippen LogP contribution in [-0.4, -0.2) is 36.6 Å². The third-order valence-corrected chi connectivity index (χ3v) is 2.47. The second kappa shape index (κ2) is 4.24. The molecule has 72 valence electrons. The number of hydrogen-bond donors (Lipinski definition) is 1. The zero-order valence-electron chi connectivity index (χ0n) is 8.80.